The highest BCUT2D eigenvalue weighted by atomic mass is 16.5. The minimum Gasteiger partial charge on any atom is -0.491 e. The maximum absolute atomic E-state index is 12.8. The molecule has 4 aromatic rings. The Morgan fingerprint density at radius 2 is 1.97 bits per heavy atom. The van der Waals surface area contributed by atoms with Crippen molar-refractivity contribution in [2.45, 2.75) is 39.5 Å². The number of hydrogen-bond donors (Lipinski definition) is 1. The standard InChI is InChI=1S/C25H25N5O2/c1-16(2)32-20-6-3-17(4-7-20)24(31)12-19-11-22-18(13-27-19)5-8-21(29-22)23-14-28-25-15-26-9-10-30(23)25/h3-8,11,13-14,16,26H,9-10,12,15H2,1-2H3. The third-order valence-electron chi connectivity index (χ3n) is 5.52. The number of fused-ring (bicyclic) bond motifs is 2. The average Bonchev–Trinajstić information content (AvgIpc) is 3.23. The van der Waals surface area contributed by atoms with Crippen LogP contribution in [0.1, 0.15) is 35.7 Å². The molecule has 0 amide bonds. The summed E-state index contributed by atoms with van der Waals surface area (Å²) in [5, 5.41) is 4.28. The zero-order chi connectivity index (χ0) is 22.1. The van der Waals surface area contributed by atoms with Crippen molar-refractivity contribution in [3.05, 3.63) is 71.9 Å². The van der Waals surface area contributed by atoms with Gasteiger partial charge in [0.25, 0.3) is 0 Å². The van der Waals surface area contributed by atoms with Crippen molar-refractivity contribution in [2.75, 3.05) is 6.54 Å². The number of ketones is 1. The number of nitrogens with zero attached hydrogens (tertiary/aromatic N) is 4. The van der Waals surface area contributed by atoms with E-state index < -0.39 is 0 Å². The molecule has 32 heavy (non-hydrogen) atoms. The second-order valence-electron chi connectivity index (χ2n) is 8.24. The number of carbonyl (C=O) groups is 1. The molecule has 0 saturated heterocycles. The third kappa shape index (κ3) is 4.11. The fourth-order valence-corrected chi connectivity index (χ4v) is 3.96. The molecule has 1 N–H and O–H groups in total. The minimum atomic E-state index is 0.0152. The topological polar surface area (TPSA) is 81.9 Å². The molecule has 0 spiro atoms. The molecular weight excluding hydrogens is 402 g/mol. The smallest absolute Gasteiger partial charge is 0.168 e. The van der Waals surface area contributed by atoms with Crippen molar-refractivity contribution in [3.8, 4) is 17.1 Å². The van der Waals surface area contributed by atoms with Crippen LogP contribution in [-0.4, -0.2) is 38.0 Å². The fraction of sp³-hybridized carbons (Fsp3) is 0.280. The molecule has 1 aromatic carbocycles. The van der Waals surface area contributed by atoms with Crippen LogP contribution < -0.4 is 10.1 Å². The van der Waals surface area contributed by atoms with E-state index in [1.54, 1.807) is 18.3 Å². The summed E-state index contributed by atoms with van der Waals surface area (Å²) in [6.45, 7) is 6.52. The molecule has 0 radical (unpaired) electrons. The van der Waals surface area contributed by atoms with Crippen LogP contribution in [0.15, 0.2) is 54.9 Å². The first kappa shape index (κ1) is 20.3. The maximum atomic E-state index is 12.8. The SMILES string of the molecule is CC(C)Oc1ccc(C(=O)Cc2cc3nc(-c4cnc5n4CCNC5)ccc3cn2)cc1. The van der Waals surface area contributed by atoms with E-state index >= 15 is 0 Å². The highest BCUT2D eigenvalue weighted by molar-refractivity contribution is 5.97. The predicted octanol–water partition coefficient (Wildman–Crippen LogP) is 3.81. The molecule has 0 bridgehead atoms. The first-order chi connectivity index (χ1) is 15.6. The van der Waals surface area contributed by atoms with Crippen molar-refractivity contribution in [1.82, 2.24) is 24.8 Å². The number of hydrogen-bond acceptors (Lipinski definition) is 6. The van der Waals surface area contributed by atoms with Gasteiger partial charge in [0.15, 0.2) is 5.78 Å². The Bertz CT molecular complexity index is 1280. The first-order valence-corrected chi connectivity index (χ1v) is 10.9. The Morgan fingerprint density at radius 1 is 1.12 bits per heavy atom. The first-order valence-electron chi connectivity index (χ1n) is 10.9. The summed E-state index contributed by atoms with van der Waals surface area (Å²) in [4.78, 5) is 26.6. The molecule has 4 heterocycles. The molecule has 1 aliphatic heterocycles. The largest absolute Gasteiger partial charge is 0.491 e. The van der Waals surface area contributed by atoms with Crippen molar-refractivity contribution >= 4 is 16.7 Å². The second-order valence-corrected chi connectivity index (χ2v) is 8.24. The lowest BCUT2D eigenvalue weighted by atomic mass is 10.1. The van der Waals surface area contributed by atoms with Gasteiger partial charge in [-0.05, 0) is 56.3 Å². The van der Waals surface area contributed by atoms with Crippen LogP contribution in [0, 0.1) is 0 Å². The van der Waals surface area contributed by atoms with Crippen molar-refractivity contribution in [2.24, 2.45) is 0 Å². The number of rotatable bonds is 6. The summed E-state index contributed by atoms with van der Waals surface area (Å²) < 4.78 is 7.86. The molecule has 0 unspecified atom stereocenters. The van der Waals surface area contributed by atoms with Crippen LogP contribution in [-0.2, 0) is 19.5 Å². The number of imidazole rings is 1. The minimum absolute atomic E-state index is 0.0152. The average molecular weight is 428 g/mol. The van der Waals surface area contributed by atoms with E-state index in [-0.39, 0.29) is 18.3 Å². The lowest BCUT2D eigenvalue weighted by Crippen LogP contribution is -2.28. The van der Waals surface area contributed by atoms with E-state index in [9.17, 15) is 4.79 Å². The number of pyridine rings is 2. The summed E-state index contributed by atoms with van der Waals surface area (Å²) in [6, 6.07) is 13.2. The van der Waals surface area contributed by atoms with Crippen LogP contribution in [0.3, 0.4) is 0 Å². The van der Waals surface area contributed by atoms with Crippen molar-refractivity contribution in [3.63, 3.8) is 0 Å². The van der Waals surface area contributed by atoms with Gasteiger partial charge in [-0.3, -0.25) is 9.78 Å². The summed E-state index contributed by atoms with van der Waals surface area (Å²) >= 11 is 0. The lowest BCUT2D eigenvalue weighted by molar-refractivity contribution is 0.0992. The van der Waals surface area contributed by atoms with Crippen LogP contribution in [0.2, 0.25) is 0 Å². The van der Waals surface area contributed by atoms with E-state index in [2.05, 4.69) is 19.9 Å². The van der Waals surface area contributed by atoms with Crippen LogP contribution >= 0.6 is 0 Å². The second kappa shape index (κ2) is 8.51. The summed E-state index contributed by atoms with van der Waals surface area (Å²) in [6.07, 6.45) is 3.99. The molecule has 0 aliphatic carbocycles. The van der Waals surface area contributed by atoms with E-state index in [0.717, 1.165) is 53.5 Å². The van der Waals surface area contributed by atoms with Gasteiger partial charge in [-0.15, -0.1) is 0 Å². The van der Waals surface area contributed by atoms with Crippen molar-refractivity contribution < 1.29 is 9.53 Å². The predicted molar refractivity (Wildman–Crippen MR) is 123 cm³/mol. The van der Waals surface area contributed by atoms with Crippen molar-refractivity contribution in [1.29, 1.82) is 0 Å². The zero-order valence-corrected chi connectivity index (χ0v) is 18.2. The Labute approximate surface area is 186 Å². The van der Waals surface area contributed by atoms with Gasteiger partial charge in [0.05, 0.1) is 47.9 Å². The molecule has 0 saturated carbocycles. The van der Waals surface area contributed by atoms with Gasteiger partial charge < -0.3 is 14.6 Å². The van der Waals surface area contributed by atoms with Gasteiger partial charge in [-0.2, -0.15) is 0 Å². The summed E-state index contributed by atoms with van der Waals surface area (Å²) in [7, 11) is 0. The summed E-state index contributed by atoms with van der Waals surface area (Å²) in [5.74, 6) is 1.80. The Hall–Kier alpha value is -3.58. The number of aromatic nitrogens is 4. The number of carbonyl (C=O) groups excluding carboxylic acids is 1. The van der Waals surface area contributed by atoms with Gasteiger partial charge in [-0.25, -0.2) is 9.97 Å². The molecule has 7 nitrogen and oxygen atoms in total. The van der Waals surface area contributed by atoms with E-state index in [0.29, 0.717) is 11.3 Å². The van der Waals surface area contributed by atoms with E-state index in [1.165, 1.54) is 0 Å². The Balaban J connectivity index is 1.38. The number of ether oxygens (including phenoxy) is 1. The van der Waals surface area contributed by atoms with Crippen LogP contribution in [0.25, 0.3) is 22.3 Å². The molecular formula is C25H25N5O2. The fourth-order valence-electron chi connectivity index (χ4n) is 3.96. The molecule has 5 rings (SSSR count). The number of Topliss-reactive ketones (excluding diaryl/α,β-unsaturated/α-hetero) is 1. The van der Waals surface area contributed by atoms with Crippen LogP contribution in [0.5, 0.6) is 5.75 Å². The van der Waals surface area contributed by atoms with Gasteiger partial charge in [0, 0.05) is 30.2 Å². The molecule has 7 heteroatoms. The third-order valence-corrected chi connectivity index (χ3v) is 5.52. The zero-order valence-electron chi connectivity index (χ0n) is 18.2. The highest BCUT2D eigenvalue weighted by Crippen LogP contribution is 2.24. The number of benzene rings is 1. The molecule has 0 fully saturated rings. The molecule has 162 valence electrons. The van der Waals surface area contributed by atoms with Gasteiger partial charge >= 0.3 is 0 Å². The molecule has 1 aliphatic rings. The van der Waals surface area contributed by atoms with E-state index in [1.807, 2.05) is 50.4 Å². The van der Waals surface area contributed by atoms with Gasteiger partial charge in [0.2, 0.25) is 0 Å². The quantitative estimate of drug-likeness (QED) is 0.471. The van der Waals surface area contributed by atoms with Crippen LogP contribution in [0.4, 0.5) is 0 Å². The highest BCUT2D eigenvalue weighted by Gasteiger charge is 2.16. The molecule has 0 atom stereocenters. The monoisotopic (exact) mass is 427 g/mol. The Morgan fingerprint density at radius 3 is 2.78 bits per heavy atom. The normalized spacial score (nSPS) is 13.3. The maximum Gasteiger partial charge on any atom is 0.168 e. The molecule has 3 aromatic heterocycles. The van der Waals surface area contributed by atoms with Gasteiger partial charge in [-0.1, -0.05) is 0 Å². The lowest BCUT2D eigenvalue weighted by Gasteiger charge is -2.17. The van der Waals surface area contributed by atoms with Gasteiger partial charge in [0.1, 0.15) is 11.6 Å². The van der Waals surface area contributed by atoms with E-state index in [4.69, 9.17) is 9.72 Å². The Kier molecular flexibility index (Phi) is 5.41. The summed E-state index contributed by atoms with van der Waals surface area (Å²) in [5.41, 5.74) is 4.06. The number of nitrogens with one attached hydrogen (secondary N) is 1.